The number of alkyl carbamates (subject to hydrolysis) is 1. The maximum Gasteiger partial charge on any atom is 0.407 e. The summed E-state index contributed by atoms with van der Waals surface area (Å²) in [5.41, 5.74) is 5.26. The average Bonchev–Trinajstić information content (AvgIpc) is 3.29. The summed E-state index contributed by atoms with van der Waals surface area (Å²) in [6.07, 6.45) is -0.999. The van der Waals surface area contributed by atoms with E-state index >= 15 is 0 Å². The minimum absolute atomic E-state index is 0.0814. The Morgan fingerprint density at radius 1 is 0.825 bits per heavy atom. The number of hydrogen-bond donors (Lipinski definition) is 3. The highest BCUT2D eigenvalue weighted by molar-refractivity contribution is 5.90. The number of amides is 2. The summed E-state index contributed by atoms with van der Waals surface area (Å²) in [6, 6.07) is 23.2. The van der Waals surface area contributed by atoms with Gasteiger partial charge >= 0.3 is 12.1 Å². The molecule has 3 aromatic rings. The molecule has 2 amide bonds. The van der Waals surface area contributed by atoms with Crippen LogP contribution in [0, 0.1) is 5.92 Å². The molecule has 8 heteroatoms. The standard InChI is InChI=1S/C32H36N2O6/c1-4-20(2)28(31(36)37)33-30(35)29(21(3)39-18-22-12-6-5-7-13-22)34-32(38)40-19-27-25-16-10-8-14-23(25)24-15-9-11-17-26(24)27/h5-17,20-21,27-29H,4,18-19H2,1-3H3,(H,33,35)(H,34,38)(H,36,37)/t20?,21?,28-,29?/m0/s1. The van der Waals surface area contributed by atoms with Crippen molar-refractivity contribution >= 4 is 18.0 Å². The fourth-order valence-electron chi connectivity index (χ4n) is 4.99. The van der Waals surface area contributed by atoms with Crippen LogP contribution < -0.4 is 10.6 Å². The largest absolute Gasteiger partial charge is 0.480 e. The van der Waals surface area contributed by atoms with E-state index in [4.69, 9.17) is 9.47 Å². The molecule has 0 bridgehead atoms. The molecule has 0 spiro atoms. The molecular formula is C32H36N2O6. The van der Waals surface area contributed by atoms with Crippen LogP contribution in [-0.4, -0.2) is 47.9 Å². The molecule has 0 saturated heterocycles. The van der Waals surface area contributed by atoms with Gasteiger partial charge < -0.3 is 25.2 Å². The number of carboxylic acid groups (broad SMARTS) is 1. The second-order valence-corrected chi connectivity index (χ2v) is 10.2. The van der Waals surface area contributed by atoms with E-state index in [2.05, 4.69) is 22.8 Å². The average molecular weight is 545 g/mol. The molecule has 0 radical (unpaired) electrons. The van der Waals surface area contributed by atoms with Crippen molar-refractivity contribution in [3.63, 3.8) is 0 Å². The smallest absolute Gasteiger partial charge is 0.407 e. The van der Waals surface area contributed by atoms with Gasteiger partial charge in [-0.25, -0.2) is 9.59 Å². The molecule has 0 aromatic heterocycles. The summed E-state index contributed by atoms with van der Waals surface area (Å²) in [5.74, 6) is -2.24. The number of nitrogens with one attached hydrogen (secondary N) is 2. The van der Waals surface area contributed by atoms with Crippen molar-refractivity contribution in [3.8, 4) is 11.1 Å². The Morgan fingerprint density at radius 2 is 1.40 bits per heavy atom. The second kappa shape index (κ2) is 13.3. The topological polar surface area (TPSA) is 114 Å². The Hall–Kier alpha value is -4.17. The number of carboxylic acids is 1. The van der Waals surface area contributed by atoms with Gasteiger partial charge in [0.2, 0.25) is 5.91 Å². The zero-order valence-corrected chi connectivity index (χ0v) is 23.0. The van der Waals surface area contributed by atoms with Crippen LogP contribution in [0.3, 0.4) is 0 Å². The van der Waals surface area contributed by atoms with Crippen molar-refractivity contribution in [2.24, 2.45) is 5.92 Å². The fraction of sp³-hybridized carbons (Fsp3) is 0.344. The third kappa shape index (κ3) is 6.69. The van der Waals surface area contributed by atoms with E-state index in [0.29, 0.717) is 6.42 Å². The zero-order valence-electron chi connectivity index (χ0n) is 23.0. The molecular weight excluding hydrogens is 508 g/mol. The van der Waals surface area contributed by atoms with E-state index in [9.17, 15) is 19.5 Å². The van der Waals surface area contributed by atoms with E-state index in [1.165, 1.54) is 0 Å². The molecule has 4 rings (SSSR count). The summed E-state index contributed by atoms with van der Waals surface area (Å²) in [5, 5.41) is 14.9. The minimum atomic E-state index is -1.18. The van der Waals surface area contributed by atoms with Crippen molar-refractivity contribution in [1.82, 2.24) is 10.6 Å². The lowest BCUT2D eigenvalue weighted by molar-refractivity contribution is -0.144. The highest BCUT2D eigenvalue weighted by atomic mass is 16.5. The number of hydrogen-bond acceptors (Lipinski definition) is 5. The molecule has 1 aliphatic carbocycles. The molecule has 3 unspecified atom stereocenters. The van der Waals surface area contributed by atoms with Crippen LogP contribution in [0.2, 0.25) is 0 Å². The first kappa shape index (κ1) is 28.8. The first-order valence-corrected chi connectivity index (χ1v) is 13.6. The Balaban J connectivity index is 1.47. The summed E-state index contributed by atoms with van der Waals surface area (Å²) in [6.45, 7) is 5.56. The molecule has 4 atom stereocenters. The molecule has 3 aromatic carbocycles. The monoisotopic (exact) mass is 544 g/mol. The number of aliphatic carboxylic acids is 1. The van der Waals surface area contributed by atoms with E-state index in [1.54, 1.807) is 13.8 Å². The maximum absolute atomic E-state index is 13.3. The summed E-state index contributed by atoms with van der Waals surface area (Å²) in [7, 11) is 0. The van der Waals surface area contributed by atoms with Gasteiger partial charge in [0.1, 0.15) is 18.7 Å². The van der Waals surface area contributed by atoms with Gasteiger partial charge in [-0.2, -0.15) is 0 Å². The van der Waals surface area contributed by atoms with Gasteiger partial charge in [-0.15, -0.1) is 0 Å². The zero-order chi connectivity index (χ0) is 28.6. The number of ether oxygens (including phenoxy) is 2. The van der Waals surface area contributed by atoms with E-state index in [1.807, 2.05) is 73.7 Å². The summed E-state index contributed by atoms with van der Waals surface area (Å²) >= 11 is 0. The lowest BCUT2D eigenvalue weighted by Crippen LogP contribution is -2.57. The van der Waals surface area contributed by atoms with E-state index in [0.717, 1.165) is 27.8 Å². The molecule has 0 aliphatic heterocycles. The Morgan fingerprint density at radius 3 is 1.98 bits per heavy atom. The van der Waals surface area contributed by atoms with Crippen LogP contribution in [0.15, 0.2) is 78.9 Å². The molecule has 0 fully saturated rings. The molecule has 40 heavy (non-hydrogen) atoms. The maximum atomic E-state index is 13.3. The Labute approximate surface area is 234 Å². The number of carbonyl (C=O) groups excluding carboxylic acids is 2. The molecule has 3 N–H and O–H groups in total. The molecule has 210 valence electrons. The van der Waals surface area contributed by atoms with Crippen LogP contribution in [0.25, 0.3) is 11.1 Å². The Bertz CT molecular complexity index is 1280. The normalized spacial score (nSPS) is 15.2. The number of rotatable bonds is 12. The van der Waals surface area contributed by atoms with Gasteiger partial charge in [0.05, 0.1) is 12.7 Å². The van der Waals surface area contributed by atoms with Crippen LogP contribution in [-0.2, 0) is 25.7 Å². The van der Waals surface area contributed by atoms with Crippen molar-refractivity contribution in [3.05, 3.63) is 95.6 Å². The predicted molar refractivity (Wildman–Crippen MR) is 152 cm³/mol. The van der Waals surface area contributed by atoms with Crippen molar-refractivity contribution < 1.29 is 29.0 Å². The van der Waals surface area contributed by atoms with Crippen molar-refractivity contribution in [1.29, 1.82) is 0 Å². The third-order valence-electron chi connectivity index (χ3n) is 7.50. The van der Waals surface area contributed by atoms with E-state index in [-0.39, 0.29) is 25.0 Å². The summed E-state index contributed by atoms with van der Waals surface area (Å²) in [4.78, 5) is 38.2. The van der Waals surface area contributed by atoms with Gasteiger partial charge in [-0.05, 0) is 40.7 Å². The molecule has 1 aliphatic rings. The number of benzene rings is 3. The minimum Gasteiger partial charge on any atom is -0.480 e. The van der Waals surface area contributed by atoms with Crippen LogP contribution >= 0.6 is 0 Å². The number of fused-ring (bicyclic) bond motifs is 3. The van der Waals surface area contributed by atoms with Gasteiger partial charge in [0.15, 0.2) is 0 Å². The first-order valence-electron chi connectivity index (χ1n) is 13.6. The highest BCUT2D eigenvalue weighted by Gasteiger charge is 2.34. The number of carbonyl (C=O) groups is 3. The van der Waals surface area contributed by atoms with Crippen molar-refractivity contribution in [2.75, 3.05) is 6.61 Å². The second-order valence-electron chi connectivity index (χ2n) is 10.2. The predicted octanol–water partition coefficient (Wildman–Crippen LogP) is 5.11. The quantitative estimate of drug-likeness (QED) is 0.292. The van der Waals surface area contributed by atoms with E-state index < -0.39 is 36.2 Å². The van der Waals surface area contributed by atoms with Gasteiger partial charge in [0.25, 0.3) is 0 Å². The van der Waals surface area contributed by atoms with Crippen molar-refractivity contribution in [2.45, 2.75) is 57.9 Å². The van der Waals surface area contributed by atoms with Crippen LogP contribution in [0.1, 0.15) is 49.8 Å². The van der Waals surface area contributed by atoms with Crippen LogP contribution in [0.4, 0.5) is 4.79 Å². The molecule has 0 heterocycles. The van der Waals surface area contributed by atoms with Gasteiger partial charge in [-0.3, -0.25) is 4.79 Å². The lowest BCUT2D eigenvalue weighted by atomic mass is 9.98. The van der Waals surface area contributed by atoms with Gasteiger partial charge in [-0.1, -0.05) is 99.1 Å². The Kier molecular flexibility index (Phi) is 9.56. The van der Waals surface area contributed by atoms with Gasteiger partial charge in [0, 0.05) is 5.92 Å². The molecule has 0 saturated carbocycles. The summed E-state index contributed by atoms with van der Waals surface area (Å²) < 4.78 is 11.6. The molecule has 8 nitrogen and oxygen atoms in total. The fourth-order valence-corrected chi connectivity index (χ4v) is 4.99. The van der Waals surface area contributed by atoms with Crippen LogP contribution in [0.5, 0.6) is 0 Å². The highest BCUT2D eigenvalue weighted by Crippen LogP contribution is 2.44. The third-order valence-corrected chi connectivity index (χ3v) is 7.50. The SMILES string of the molecule is CCC(C)[C@H](NC(=O)C(NC(=O)OCC1c2ccccc2-c2ccccc21)C(C)OCc1ccccc1)C(=O)O. The first-order chi connectivity index (χ1) is 19.3. The lowest BCUT2D eigenvalue weighted by Gasteiger charge is -2.28.